The smallest absolute Gasteiger partial charge is 0.414 e. The summed E-state index contributed by atoms with van der Waals surface area (Å²) in [7, 11) is 2.87. The number of ether oxygens (including phenoxy) is 1. The molecule has 0 aliphatic rings. The lowest BCUT2D eigenvalue weighted by Crippen LogP contribution is -2.25. The number of hydrogen-bond donors (Lipinski definition) is 2. The Balaban J connectivity index is 2.16. The van der Waals surface area contributed by atoms with Crippen LogP contribution < -0.4 is 10.4 Å². The van der Waals surface area contributed by atoms with E-state index in [0.717, 1.165) is 17.0 Å². The molecule has 2 N–H and O–H groups in total. The van der Waals surface area contributed by atoms with Crippen molar-refractivity contribution in [2.24, 2.45) is 0 Å². The van der Waals surface area contributed by atoms with Crippen molar-refractivity contribution in [1.82, 2.24) is 4.90 Å². The number of nitro benzene ring substituents is 1. The highest BCUT2D eigenvalue weighted by Crippen LogP contribution is 2.34. The van der Waals surface area contributed by atoms with Crippen LogP contribution >= 0.6 is 0 Å². The van der Waals surface area contributed by atoms with Crippen molar-refractivity contribution in [2.75, 3.05) is 14.1 Å². The molecule has 32 heavy (non-hydrogen) atoms. The summed E-state index contributed by atoms with van der Waals surface area (Å²) < 4.78 is 10.3. The standard InChI is InChI=1S/C21H18N2O9/c1-22(2)21(28)32-18-10-17-14(8-16(18)24)13(9-19(25)26)15(20(27)31-17)7-11-4-3-5-12(6-11)23(29)30/h3-6,8,10,24H,7,9H2,1-2H3,(H,25,26). The fourth-order valence-electron chi connectivity index (χ4n) is 3.10. The molecule has 11 nitrogen and oxygen atoms in total. The lowest BCUT2D eigenvalue weighted by atomic mass is 9.96. The summed E-state index contributed by atoms with van der Waals surface area (Å²) in [6, 6.07) is 7.84. The van der Waals surface area contributed by atoms with E-state index < -0.39 is 34.8 Å². The molecule has 0 fully saturated rings. The van der Waals surface area contributed by atoms with Crippen molar-refractivity contribution in [1.29, 1.82) is 0 Å². The second kappa shape index (κ2) is 8.76. The zero-order valence-corrected chi connectivity index (χ0v) is 17.0. The van der Waals surface area contributed by atoms with E-state index in [1.165, 1.54) is 32.3 Å². The number of amides is 1. The van der Waals surface area contributed by atoms with Gasteiger partial charge in [-0.3, -0.25) is 14.9 Å². The summed E-state index contributed by atoms with van der Waals surface area (Å²) >= 11 is 0. The van der Waals surface area contributed by atoms with E-state index >= 15 is 0 Å². The average molecular weight is 442 g/mol. The molecule has 0 unspecified atom stereocenters. The molecule has 0 aliphatic heterocycles. The first-order valence-corrected chi connectivity index (χ1v) is 9.22. The first-order chi connectivity index (χ1) is 15.1. The van der Waals surface area contributed by atoms with Crippen molar-refractivity contribution < 1.29 is 33.9 Å². The number of aromatic hydroxyl groups is 1. The van der Waals surface area contributed by atoms with Gasteiger partial charge in [0.25, 0.3) is 5.69 Å². The number of fused-ring (bicyclic) bond motifs is 1. The largest absolute Gasteiger partial charge is 0.504 e. The Kier molecular flexibility index (Phi) is 6.10. The number of benzene rings is 2. The molecule has 0 spiro atoms. The fraction of sp³-hybridized carbons (Fsp3) is 0.190. The molecular formula is C21H18N2O9. The van der Waals surface area contributed by atoms with Crippen molar-refractivity contribution >= 4 is 28.7 Å². The monoisotopic (exact) mass is 442 g/mol. The summed E-state index contributed by atoms with van der Waals surface area (Å²) in [6.45, 7) is 0. The van der Waals surface area contributed by atoms with Crippen LogP contribution in [0.1, 0.15) is 16.7 Å². The van der Waals surface area contributed by atoms with E-state index in [9.17, 15) is 34.7 Å². The molecule has 0 aliphatic carbocycles. The summed E-state index contributed by atoms with van der Waals surface area (Å²) in [6.07, 6.45) is -1.47. The molecule has 2 aromatic carbocycles. The van der Waals surface area contributed by atoms with Gasteiger partial charge in [-0.05, 0) is 17.2 Å². The number of phenolic OH excluding ortho intramolecular Hbond substituents is 1. The maximum atomic E-state index is 12.7. The number of rotatable bonds is 6. The predicted molar refractivity (Wildman–Crippen MR) is 111 cm³/mol. The molecule has 1 aromatic heterocycles. The number of carboxylic acids is 1. The Bertz CT molecular complexity index is 1290. The van der Waals surface area contributed by atoms with Crippen LogP contribution in [0.5, 0.6) is 11.5 Å². The van der Waals surface area contributed by atoms with Crippen molar-refractivity contribution in [3.05, 3.63) is 73.6 Å². The minimum Gasteiger partial charge on any atom is -0.504 e. The summed E-state index contributed by atoms with van der Waals surface area (Å²) in [5, 5.41) is 30.8. The van der Waals surface area contributed by atoms with Gasteiger partial charge in [-0.15, -0.1) is 0 Å². The number of nitrogens with zero attached hydrogens (tertiary/aromatic N) is 2. The van der Waals surface area contributed by atoms with Crippen LogP contribution in [0.3, 0.4) is 0 Å². The van der Waals surface area contributed by atoms with Gasteiger partial charge in [0.15, 0.2) is 11.5 Å². The topological polar surface area (TPSA) is 160 Å². The van der Waals surface area contributed by atoms with Gasteiger partial charge in [-0.1, -0.05) is 12.1 Å². The third-order valence-electron chi connectivity index (χ3n) is 4.59. The number of phenols is 1. The normalized spacial score (nSPS) is 10.7. The van der Waals surface area contributed by atoms with Gasteiger partial charge in [0.1, 0.15) is 5.58 Å². The first kappa shape index (κ1) is 22.3. The third-order valence-corrected chi connectivity index (χ3v) is 4.59. The van der Waals surface area contributed by atoms with Crippen LogP contribution in [0.25, 0.3) is 11.0 Å². The summed E-state index contributed by atoms with van der Waals surface area (Å²) in [5.41, 5.74) is -0.659. The van der Waals surface area contributed by atoms with Gasteiger partial charge in [-0.25, -0.2) is 9.59 Å². The van der Waals surface area contributed by atoms with Gasteiger partial charge >= 0.3 is 17.7 Å². The Hall–Kier alpha value is -4.41. The number of nitro groups is 1. The predicted octanol–water partition coefficient (Wildman–Crippen LogP) is 2.69. The number of non-ortho nitro benzene ring substituents is 1. The second-order valence-corrected chi connectivity index (χ2v) is 7.10. The van der Waals surface area contributed by atoms with Crippen molar-refractivity contribution in [3.8, 4) is 11.5 Å². The van der Waals surface area contributed by atoms with Crippen molar-refractivity contribution in [2.45, 2.75) is 12.8 Å². The third kappa shape index (κ3) is 4.67. The van der Waals surface area contributed by atoms with Crippen LogP contribution in [0.2, 0.25) is 0 Å². The lowest BCUT2D eigenvalue weighted by Gasteiger charge is -2.14. The number of carboxylic acid groups (broad SMARTS) is 1. The fourth-order valence-corrected chi connectivity index (χ4v) is 3.10. The number of carbonyl (C=O) groups is 2. The lowest BCUT2D eigenvalue weighted by molar-refractivity contribution is -0.384. The van der Waals surface area contributed by atoms with E-state index in [1.54, 1.807) is 6.07 Å². The van der Waals surface area contributed by atoms with Gasteiger partial charge in [-0.2, -0.15) is 0 Å². The zero-order chi connectivity index (χ0) is 23.6. The first-order valence-electron chi connectivity index (χ1n) is 9.22. The van der Waals surface area contributed by atoms with Gasteiger partial charge in [0.2, 0.25) is 0 Å². The quantitative estimate of drug-likeness (QED) is 0.332. The second-order valence-electron chi connectivity index (χ2n) is 7.10. The van der Waals surface area contributed by atoms with Crippen molar-refractivity contribution in [3.63, 3.8) is 0 Å². The zero-order valence-electron chi connectivity index (χ0n) is 17.0. The molecule has 1 heterocycles. The van der Waals surface area contributed by atoms with Gasteiger partial charge < -0.3 is 24.3 Å². The maximum absolute atomic E-state index is 12.7. The van der Waals surface area contributed by atoms with Crippen LogP contribution in [0.15, 0.2) is 45.6 Å². The number of hydrogen-bond acceptors (Lipinski definition) is 8. The number of carbonyl (C=O) groups excluding carboxylic acids is 1. The Morgan fingerprint density at radius 3 is 2.53 bits per heavy atom. The van der Waals surface area contributed by atoms with E-state index in [0.29, 0.717) is 5.56 Å². The highest BCUT2D eigenvalue weighted by atomic mass is 16.6. The molecule has 0 atom stereocenters. The van der Waals surface area contributed by atoms with Gasteiger partial charge in [0, 0.05) is 49.7 Å². The SMILES string of the molecule is CN(C)C(=O)Oc1cc2oc(=O)c(Cc3cccc([N+](=O)[O-])c3)c(CC(=O)O)c2cc1O. The van der Waals surface area contributed by atoms with E-state index in [-0.39, 0.29) is 40.0 Å². The van der Waals surface area contributed by atoms with Crippen LogP contribution in [-0.2, 0) is 17.6 Å². The highest BCUT2D eigenvalue weighted by molar-refractivity contribution is 5.89. The molecule has 1 amide bonds. The maximum Gasteiger partial charge on any atom is 0.414 e. The van der Waals surface area contributed by atoms with E-state index in [4.69, 9.17) is 9.15 Å². The molecule has 0 saturated heterocycles. The number of aliphatic carboxylic acids is 1. The highest BCUT2D eigenvalue weighted by Gasteiger charge is 2.21. The Morgan fingerprint density at radius 1 is 1.19 bits per heavy atom. The van der Waals surface area contributed by atoms with E-state index in [2.05, 4.69) is 0 Å². The Morgan fingerprint density at radius 2 is 1.91 bits per heavy atom. The Labute approximate surface area is 180 Å². The minimum absolute atomic E-state index is 0.0159. The summed E-state index contributed by atoms with van der Waals surface area (Å²) in [4.78, 5) is 47.6. The molecular weight excluding hydrogens is 424 g/mol. The minimum atomic E-state index is -1.24. The molecule has 11 heteroatoms. The van der Waals surface area contributed by atoms with E-state index in [1.807, 2.05) is 0 Å². The van der Waals surface area contributed by atoms with Crippen LogP contribution in [0, 0.1) is 10.1 Å². The average Bonchev–Trinajstić information content (AvgIpc) is 2.71. The van der Waals surface area contributed by atoms with Crippen LogP contribution in [-0.4, -0.2) is 46.2 Å². The molecule has 166 valence electrons. The molecule has 3 rings (SSSR count). The molecule has 0 saturated carbocycles. The summed E-state index contributed by atoms with van der Waals surface area (Å²) in [5.74, 6) is -1.97. The van der Waals surface area contributed by atoms with Crippen LogP contribution in [0.4, 0.5) is 10.5 Å². The molecule has 0 radical (unpaired) electrons. The van der Waals surface area contributed by atoms with Gasteiger partial charge in [0.05, 0.1) is 11.3 Å². The molecule has 3 aromatic rings. The molecule has 0 bridgehead atoms.